The van der Waals surface area contributed by atoms with E-state index in [4.69, 9.17) is 36.3 Å². The number of ether oxygens (including phenoxy) is 4. The zero-order valence-corrected chi connectivity index (χ0v) is 22.0. The number of aromatic nitrogens is 4. The monoisotopic (exact) mass is 526 g/mol. The van der Waals surface area contributed by atoms with Gasteiger partial charge in [-0.15, -0.1) is 0 Å². The van der Waals surface area contributed by atoms with Crippen LogP contribution >= 0.6 is 23.4 Å². The van der Waals surface area contributed by atoms with Crippen molar-refractivity contribution >= 4 is 46.4 Å². The molecule has 5 atom stereocenters. The SMILES string of the molecule is CC(C)(C)OC(=O)N1CC[C@@H](SC[C@H]2O[C@@H](n3cnc4c(N)nc(Cl)nc43)[C@@H]3OC(C)(C)O[C@@H]32)C1. The van der Waals surface area contributed by atoms with Crippen molar-refractivity contribution in [3.05, 3.63) is 11.6 Å². The third-order valence-electron chi connectivity index (χ3n) is 6.11. The molecule has 3 saturated heterocycles. The number of halogens is 1. The molecule has 2 aromatic rings. The maximum absolute atomic E-state index is 12.4. The Morgan fingerprint density at radius 2 is 2.06 bits per heavy atom. The molecule has 2 N–H and O–H groups in total. The summed E-state index contributed by atoms with van der Waals surface area (Å²) in [5.74, 6) is 0.151. The summed E-state index contributed by atoms with van der Waals surface area (Å²) in [5, 5.41) is 0.331. The van der Waals surface area contributed by atoms with Gasteiger partial charge in [0.1, 0.15) is 23.3 Å². The van der Waals surface area contributed by atoms with Crippen molar-refractivity contribution in [3.8, 4) is 0 Å². The molecule has 35 heavy (non-hydrogen) atoms. The lowest BCUT2D eigenvalue weighted by molar-refractivity contribution is -0.193. The summed E-state index contributed by atoms with van der Waals surface area (Å²) in [5.41, 5.74) is 6.42. The number of nitrogens with two attached hydrogens (primary N) is 1. The van der Waals surface area contributed by atoms with E-state index in [-0.39, 0.29) is 35.5 Å². The third-order valence-corrected chi connectivity index (χ3v) is 7.66. The molecule has 13 heteroatoms. The quantitative estimate of drug-likeness (QED) is 0.593. The van der Waals surface area contributed by atoms with Gasteiger partial charge in [0.25, 0.3) is 0 Å². The summed E-state index contributed by atoms with van der Waals surface area (Å²) in [7, 11) is 0. The average molecular weight is 527 g/mol. The highest BCUT2D eigenvalue weighted by Crippen LogP contribution is 2.45. The molecule has 3 aliphatic heterocycles. The summed E-state index contributed by atoms with van der Waals surface area (Å²) in [6.45, 7) is 10.7. The first-order valence-corrected chi connectivity index (χ1v) is 13.1. The van der Waals surface area contributed by atoms with E-state index in [0.29, 0.717) is 35.3 Å². The number of amides is 1. The van der Waals surface area contributed by atoms with Crippen LogP contribution in [0.2, 0.25) is 5.28 Å². The first-order valence-electron chi connectivity index (χ1n) is 11.7. The standard InChI is InChI=1S/C22H31ClN6O5S/c1-21(2,3)34-20(30)28-7-6-11(8-28)35-9-12-14-15(33-22(4,5)32-14)18(31-12)29-10-25-13-16(24)26-19(23)27-17(13)29/h10-12,14-15,18H,6-9H2,1-5H3,(H2,24,26,27)/t11-,12-,14-,15-,18-/m1/s1. The van der Waals surface area contributed by atoms with Crippen LogP contribution in [0.15, 0.2) is 6.33 Å². The number of hydrogen-bond donors (Lipinski definition) is 1. The number of hydrogen-bond acceptors (Lipinski definition) is 10. The van der Waals surface area contributed by atoms with Gasteiger partial charge in [-0.3, -0.25) is 4.57 Å². The fraction of sp³-hybridized carbons (Fsp3) is 0.727. The van der Waals surface area contributed by atoms with E-state index >= 15 is 0 Å². The predicted molar refractivity (Wildman–Crippen MR) is 131 cm³/mol. The van der Waals surface area contributed by atoms with Crippen molar-refractivity contribution in [2.24, 2.45) is 0 Å². The number of anilines is 1. The van der Waals surface area contributed by atoms with Gasteiger partial charge in [0.2, 0.25) is 5.28 Å². The molecule has 192 valence electrons. The third kappa shape index (κ3) is 5.04. The zero-order chi connectivity index (χ0) is 25.1. The van der Waals surface area contributed by atoms with Gasteiger partial charge >= 0.3 is 6.09 Å². The minimum absolute atomic E-state index is 0.0399. The highest BCUT2D eigenvalue weighted by atomic mass is 35.5. The van der Waals surface area contributed by atoms with Crippen LogP contribution in [0.1, 0.15) is 47.3 Å². The number of nitrogen functional groups attached to an aromatic ring is 1. The van der Waals surface area contributed by atoms with Gasteiger partial charge in [0, 0.05) is 24.1 Å². The molecule has 0 radical (unpaired) electrons. The second-order valence-electron chi connectivity index (χ2n) is 10.5. The number of imidazole rings is 1. The van der Waals surface area contributed by atoms with Crippen LogP contribution in [0.3, 0.4) is 0 Å². The van der Waals surface area contributed by atoms with Crippen molar-refractivity contribution in [3.63, 3.8) is 0 Å². The molecule has 5 rings (SSSR count). The van der Waals surface area contributed by atoms with Crippen molar-refractivity contribution in [1.29, 1.82) is 0 Å². The normalized spacial score (nSPS) is 30.2. The Kier molecular flexibility index (Phi) is 6.32. The molecule has 0 unspecified atom stereocenters. The van der Waals surface area contributed by atoms with E-state index in [1.165, 1.54) is 0 Å². The van der Waals surface area contributed by atoms with Crippen LogP contribution in [0.5, 0.6) is 0 Å². The maximum Gasteiger partial charge on any atom is 0.410 e. The molecule has 1 amide bonds. The molecule has 0 aromatic carbocycles. The number of nitrogens with zero attached hydrogens (tertiary/aromatic N) is 5. The van der Waals surface area contributed by atoms with Crippen molar-refractivity contribution < 1.29 is 23.7 Å². The Labute approximate surface area is 213 Å². The lowest BCUT2D eigenvalue weighted by Gasteiger charge is -2.25. The van der Waals surface area contributed by atoms with Crippen LogP contribution in [0.25, 0.3) is 11.2 Å². The van der Waals surface area contributed by atoms with Gasteiger partial charge in [-0.1, -0.05) is 0 Å². The minimum atomic E-state index is -0.747. The number of fused-ring (bicyclic) bond motifs is 2. The van der Waals surface area contributed by atoms with Crippen LogP contribution < -0.4 is 5.73 Å². The van der Waals surface area contributed by atoms with Gasteiger partial charge in [0.05, 0.1) is 12.4 Å². The Bertz CT molecular complexity index is 1120. The van der Waals surface area contributed by atoms with E-state index in [9.17, 15) is 4.79 Å². The Balaban J connectivity index is 1.28. The maximum atomic E-state index is 12.4. The van der Waals surface area contributed by atoms with E-state index in [2.05, 4.69) is 15.0 Å². The second-order valence-corrected chi connectivity index (χ2v) is 12.2. The van der Waals surface area contributed by atoms with Gasteiger partial charge < -0.3 is 29.6 Å². The molecule has 0 saturated carbocycles. The summed E-state index contributed by atoms with van der Waals surface area (Å²) < 4.78 is 26.2. The number of carbonyl (C=O) groups excluding carboxylic acids is 1. The fourth-order valence-corrected chi connectivity index (χ4v) is 6.16. The van der Waals surface area contributed by atoms with Crippen molar-refractivity contribution in [2.45, 2.75) is 82.2 Å². The summed E-state index contributed by atoms with van der Waals surface area (Å²) in [6.07, 6.45) is 0.900. The van der Waals surface area contributed by atoms with E-state index in [1.807, 2.05) is 34.6 Å². The number of likely N-dealkylation sites (tertiary alicyclic amines) is 1. The first kappa shape index (κ1) is 24.8. The van der Waals surface area contributed by atoms with Crippen LogP contribution in [0.4, 0.5) is 10.6 Å². The molecular formula is C22H31ClN6O5S. The Morgan fingerprint density at radius 3 is 2.80 bits per heavy atom. The van der Waals surface area contributed by atoms with E-state index in [0.717, 1.165) is 6.42 Å². The minimum Gasteiger partial charge on any atom is -0.444 e. The van der Waals surface area contributed by atoms with Gasteiger partial charge in [-0.05, 0) is 52.6 Å². The molecule has 5 heterocycles. The van der Waals surface area contributed by atoms with Crippen LogP contribution in [-0.2, 0) is 18.9 Å². The smallest absolute Gasteiger partial charge is 0.410 e. The molecule has 0 aliphatic carbocycles. The van der Waals surface area contributed by atoms with E-state index in [1.54, 1.807) is 27.6 Å². The molecule has 0 bridgehead atoms. The topological polar surface area (TPSA) is 127 Å². The zero-order valence-electron chi connectivity index (χ0n) is 20.4. The number of carbonyl (C=O) groups is 1. The fourth-order valence-electron chi connectivity index (χ4n) is 4.70. The largest absolute Gasteiger partial charge is 0.444 e. The van der Waals surface area contributed by atoms with Crippen LogP contribution in [-0.4, -0.2) is 84.3 Å². The second kappa shape index (κ2) is 8.91. The lowest BCUT2D eigenvalue weighted by atomic mass is 10.1. The van der Waals surface area contributed by atoms with Gasteiger partial charge in [0.15, 0.2) is 23.5 Å². The van der Waals surface area contributed by atoms with Crippen molar-refractivity contribution in [2.75, 3.05) is 24.6 Å². The molecular weight excluding hydrogens is 496 g/mol. The molecule has 11 nitrogen and oxygen atoms in total. The summed E-state index contributed by atoms with van der Waals surface area (Å²) in [6, 6.07) is 0. The van der Waals surface area contributed by atoms with Crippen molar-refractivity contribution in [1.82, 2.24) is 24.4 Å². The molecule has 0 spiro atoms. The van der Waals surface area contributed by atoms with E-state index < -0.39 is 17.6 Å². The first-order chi connectivity index (χ1) is 16.4. The number of rotatable bonds is 4. The van der Waals surface area contributed by atoms with Gasteiger partial charge in [-0.2, -0.15) is 21.7 Å². The Morgan fingerprint density at radius 1 is 1.31 bits per heavy atom. The average Bonchev–Trinajstić information content (AvgIpc) is 3.48. The van der Waals surface area contributed by atoms with Crippen LogP contribution in [0, 0.1) is 0 Å². The highest BCUT2D eigenvalue weighted by Gasteiger charge is 2.56. The van der Waals surface area contributed by atoms with Gasteiger partial charge in [-0.25, -0.2) is 9.78 Å². The molecule has 3 aliphatic rings. The summed E-state index contributed by atoms with van der Waals surface area (Å²) >= 11 is 7.83. The number of thioether (sulfide) groups is 1. The summed E-state index contributed by atoms with van der Waals surface area (Å²) in [4.78, 5) is 26.8. The lowest BCUT2D eigenvalue weighted by Crippen LogP contribution is -2.36. The highest BCUT2D eigenvalue weighted by molar-refractivity contribution is 8.00. The Hall–Kier alpha value is -1.86. The molecule has 3 fully saturated rings. The predicted octanol–water partition coefficient (Wildman–Crippen LogP) is 3.22. The molecule has 2 aromatic heterocycles.